The lowest BCUT2D eigenvalue weighted by atomic mass is 9.81. The van der Waals surface area contributed by atoms with Gasteiger partial charge in [-0.05, 0) is 111 Å². The molecule has 0 heterocycles. The summed E-state index contributed by atoms with van der Waals surface area (Å²) in [5.41, 5.74) is 12.3. The smallest absolute Gasteiger partial charge is 0.00141 e. The van der Waals surface area contributed by atoms with Crippen molar-refractivity contribution in [1.29, 1.82) is 0 Å². The molecule has 0 aliphatic heterocycles. The van der Waals surface area contributed by atoms with Crippen molar-refractivity contribution in [3.05, 3.63) is 206 Å². The number of hydrogen-bond donors (Lipinski definition) is 0. The lowest BCUT2D eigenvalue weighted by Crippen LogP contribution is -1.94. The van der Waals surface area contributed by atoms with Crippen molar-refractivity contribution < 1.29 is 0 Å². The first-order valence-corrected chi connectivity index (χ1v) is 18.0. The summed E-state index contributed by atoms with van der Waals surface area (Å²) in [6.45, 7) is 0. The molecule has 0 aliphatic rings. The van der Waals surface area contributed by atoms with E-state index in [2.05, 4.69) is 206 Å². The minimum atomic E-state index is 1.20. The van der Waals surface area contributed by atoms with Crippen LogP contribution in [-0.4, -0.2) is 0 Å². The third kappa shape index (κ3) is 5.00. The van der Waals surface area contributed by atoms with E-state index in [-0.39, 0.29) is 0 Å². The Morgan fingerprint density at radius 2 is 0.635 bits per heavy atom. The summed E-state index contributed by atoms with van der Waals surface area (Å²) in [6.07, 6.45) is 0. The Labute approximate surface area is 303 Å². The molecular formula is C52H34. The second-order valence-corrected chi connectivity index (χ2v) is 13.6. The van der Waals surface area contributed by atoms with Crippen LogP contribution in [0.3, 0.4) is 0 Å². The van der Waals surface area contributed by atoms with Crippen molar-refractivity contribution in [1.82, 2.24) is 0 Å². The van der Waals surface area contributed by atoms with Crippen LogP contribution in [0.15, 0.2) is 206 Å². The van der Waals surface area contributed by atoms with Gasteiger partial charge < -0.3 is 0 Å². The van der Waals surface area contributed by atoms with E-state index >= 15 is 0 Å². The Morgan fingerprint density at radius 1 is 0.212 bits per heavy atom. The van der Waals surface area contributed by atoms with Crippen molar-refractivity contribution in [2.45, 2.75) is 0 Å². The van der Waals surface area contributed by atoms with Gasteiger partial charge in [0.1, 0.15) is 0 Å². The third-order valence-corrected chi connectivity index (χ3v) is 10.6. The summed E-state index contributed by atoms with van der Waals surface area (Å²) >= 11 is 0. The van der Waals surface area contributed by atoms with E-state index in [1.165, 1.54) is 98.7 Å². The molecular weight excluding hydrogens is 625 g/mol. The molecule has 10 aromatic carbocycles. The van der Waals surface area contributed by atoms with E-state index < -0.39 is 0 Å². The van der Waals surface area contributed by atoms with Gasteiger partial charge in [-0.25, -0.2) is 0 Å². The van der Waals surface area contributed by atoms with Crippen LogP contribution in [0.2, 0.25) is 0 Å². The standard InChI is InChI=1S/C52H34/c1-2-15-35(16-3-1)38-21-10-24-41(33-38)50-47-27-8-9-28-48(47)51(46-31-13-20-37-18-5-7-26-43(37)46)49-32-14-30-45(52(49)50)40-23-11-22-39(34-40)44-29-12-19-36-17-4-6-25-42(36)44/h1-34H. The summed E-state index contributed by atoms with van der Waals surface area (Å²) in [5.74, 6) is 0. The molecule has 0 aromatic heterocycles. The normalized spacial score (nSPS) is 11.5. The average Bonchev–Trinajstić information content (AvgIpc) is 3.22. The summed E-state index contributed by atoms with van der Waals surface area (Å²) in [7, 11) is 0. The maximum atomic E-state index is 2.38. The Kier molecular flexibility index (Phi) is 7.25. The molecule has 0 bridgehead atoms. The van der Waals surface area contributed by atoms with Crippen molar-refractivity contribution in [3.63, 3.8) is 0 Å². The van der Waals surface area contributed by atoms with Crippen LogP contribution in [0.4, 0.5) is 0 Å². The monoisotopic (exact) mass is 658 g/mol. The average molecular weight is 659 g/mol. The Morgan fingerprint density at radius 3 is 1.37 bits per heavy atom. The minimum Gasteiger partial charge on any atom is -0.0622 e. The van der Waals surface area contributed by atoms with Crippen LogP contribution < -0.4 is 0 Å². The molecule has 0 heteroatoms. The molecule has 0 radical (unpaired) electrons. The van der Waals surface area contributed by atoms with Crippen LogP contribution in [0.1, 0.15) is 0 Å². The van der Waals surface area contributed by atoms with Gasteiger partial charge in [0, 0.05) is 0 Å². The van der Waals surface area contributed by atoms with Gasteiger partial charge in [0.05, 0.1) is 0 Å². The zero-order valence-corrected chi connectivity index (χ0v) is 28.6. The van der Waals surface area contributed by atoms with E-state index in [4.69, 9.17) is 0 Å². The summed E-state index contributed by atoms with van der Waals surface area (Å²) < 4.78 is 0. The van der Waals surface area contributed by atoms with E-state index in [1.807, 2.05) is 0 Å². The lowest BCUT2D eigenvalue weighted by molar-refractivity contribution is 1.60. The third-order valence-electron chi connectivity index (χ3n) is 10.6. The molecule has 0 unspecified atom stereocenters. The van der Waals surface area contributed by atoms with Gasteiger partial charge in [-0.3, -0.25) is 0 Å². The highest BCUT2D eigenvalue weighted by Gasteiger charge is 2.21. The predicted octanol–water partition coefficient (Wildman–Crippen LogP) is 14.6. The first kappa shape index (κ1) is 30.1. The molecule has 52 heavy (non-hydrogen) atoms. The molecule has 0 nitrogen and oxygen atoms in total. The van der Waals surface area contributed by atoms with E-state index in [0.29, 0.717) is 0 Å². The number of hydrogen-bond acceptors (Lipinski definition) is 0. The maximum absolute atomic E-state index is 2.38. The van der Waals surface area contributed by atoms with E-state index in [1.54, 1.807) is 0 Å². The van der Waals surface area contributed by atoms with Gasteiger partial charge in [-0.2, -0.15) is 0 Å². The fourth-order valence-electron chi connectivity index (χ4n) is 8.32. The molecule has 0 fully saturated rings. The molecule has 0 atom stereocenters. The first-order chi connectivity index (χ1) is 25.8. The summed E-state index contributed by atoms with van der Waals surface area (Å²) in [6, 6.07) is 75.6. The Balaban J connectivity index is 1.32. The van der Waals surface area contributed by atoms with Gasteiger partial charge in [-0.15, -0.1) is 0 Å². The van der Waals surface area contributed by atoms with Crippen LogP contribution >= 0.6 is 0 Å². The largest absolute Gasteiger partial charge is 0.0622 e. The van der Waals surface area contributed by atoms with E-state index in [9.17, 15) is 0 Å². The quantitative estimate of drug-likeness (QED) is 0.161. The highest BCUT2D eigenvalue weighted by Crippen LogP contribution is 2.49. The van der Waals surface area contributed by atoms with Crippen LogP contribution in [0, 0.1) is 0 Å². The highest BCUT2D eigenvalue weighted by atomic mass is 14.2. The molecule has 0 saturated carbocycles. The Hall–Kier alpha value is -6.76. The van der Waals surface area contributed by atoms with Crippen molar-refractivity contribution in [2.75, 3.05) is 0 Å². The molecule has 10 rings (SSSR count). The minimum absolute atomic E-state index is 1.20. The predicted molar refractivity (Wildman–Crippen MR) is 224 cm³/mol. The molecule has 0 saturated heterocycles. The Bertz CT molecular complexity index is 2940. The summed E-state index contributed by atoms with van der Waals surface area (Å²) in [4.78, 5) is 0. The molecule has 242 valence electrons. The molecule has 0 aliphatic carbocycles. The van der Waals surface area contributed by atoms with Gasteiger partial charge >= 0.3 is 0 Å². The van der Waals surface area contributed by atoms with Crippen molar-refractivity contribution in [2.24, 2.45) is 0 Å². The van der Waals surface area contributed by atoms with Crippen LogP contribution in [0.25, 0.3) is 98.7 Å². The highest BCUT2D eigenvalue weighted by molar-refractivity contribution is 6.26. The number of rotatable bonds is 5. The zero-order valence-electron chi connectivity index (χ0n) is 28.6. The molecule has 0 N–H and O–H groups in total. The van der Waals surface area contributed by atoms with Crippen molar-refractivity contribution in [3.8, 4) is 55.6 Å². The molecule has 0 spiro atoms. The fourth-order valence-corrected chi connectivity index (χ4v) is 8.32. The zero-order chi connectivity index (χ0) is 34.4. The molecule has 10 aromatic rings. The van der Waals surface area contributed by atoms with Gasteiger partial charge in [0.25, 0.3) is 0 Å². The van der Waals surface area contributed by atoms with Crippen LogP contribution in [0.5, 0.6) is 0 Å². The van der Waals surface area contributed by atoms with Gasteiger partial charge in [0.15, 0.2) is 0 Å². The summed E-state index contributed by atoms with van der Waals surface area (Å²) in [5, 5.41) is 10.1. The van der Waals surface area contributed by atoms with Crippen LogP contribution in [-0.2, 0) is 0 Å². The van der Waals surface area contributed by atoms with Gasteiger partial charge in [-0.1, -0.05) is 194 Å². The number of fused-ring (bicyclic) bond motifs is 4. The van der Waals surface area contributed by atoms with Gasteiger partial charge in [0.2, 0.25) is 0 Å². The topological polar surface area (TPSA) is 0 Å². The molecule has 0 amide bonds. The fraction of sp³-hybridized carbons (Fsp3) is 0. The van der Waals surface area contributed by atoms with E-state index in [0.717, 1.165) is 0 Å². The number of benzene rings is 10. The first-order valence-electron chi connectivity index (χ1n) is 18.0. The maximum Gasteiger partial charge on any atom is -0.00141 e. The lowest BCUT2D eigenvalue weighted by Gasteiger charge is -2.21. The second kappa shape index (κ2) is 12.5. The SMILES string of the molecule is c1ccc(-c2cccc(-c3c4ccccc4c(-c4cccc5ccccc45)c4cccc(-c5cccc(-c6cccc7ccccc67)c5)c34)c2)cc1. The second-order valence-electron chi connectivity index (χ2n) is 13.6. The van der Waals surface area contributed by atoms with Crippen molar-refractivity contribution >= 4 is 43.1 Å².